The van der Waals surface area contributed by atoms with Crippen molar-refractivity contribution in [2.45, 2.75) is 13.0 Å². The van der Waals surface area contributed by atoms with Crippen LogP contribution in [0.3, 0.4) is 0 Å². The van der Waals surface area contributed by atoms with Crippen LogP contribution in [-0.2, 0) is 19.1 Å². The van der Waals surface area contributed by atoms with Gasteiger partial charge in [0.15, 0.2) is 6.61 Å². The van der Waals surface area contributed by atoms with Crippen molar-refractivity contribution in [3.63, 3.8) is 0 Å². The molecule has 1 atom stereocenters. The lowest BCUT2D eigenvalue weighted by Gasteiger charge is -2.18. The molecular weight excluding hydrogens is 500 g/mol. The van der Waals surface area contributed by atoms with Crippen LogP contribution in [-0.4, -0.2) is 47.7 Å². The maximum atomic E-state index is 12.6. The molecule has 3 amide bonds. The normalized spacial score (nSPS) is 15.6. The van der Waals surface area contributed by atoms with Gasteiger partial charge in [0.2, 0.25) is 0 Å². The van der Waals surface area contributed by atoms with Gasteiger partial charge in [0.05, 0.1) is 16.5 Å². The zero-order chi connectivity index (χ0) is 23.3. The summed E-state index contributed by atoms with van der Waals surface area (Å²) in [4.78, 5) is 49.6. The number of ether oxygens (including phenoxy) is 2. The average molecular weight is 519 g/mol. The highest BCUT2D eigenvalue weighted by molar-refractivity contribution is 9.10. The molecule has 1 aliphatic rings. The van der Waals surface area contributed by atoms with E-state index in [-0.39, 0.29) is 17.4 Å². The molecule has 0 aliphatic carbocycles. The van der Waals surface area contributed by atoms with Gasteiger partial charge in [0.25, 0.3) is 17.1 Å². The van der Waals surface area contributed by atoms with Crippen molar-refractivity contribution in [1.82, 2.24) is 4.90 Å². The van der Waals surface area contributed by atoms with E-state index in [1.54, 1.807) is 36.4 Å². The fourth-order valence-electron chi connectivity index (χ4n) is 2.83. The maximum Gasteiger partial charge on any atom is 0.328 e. The molecule has 8 nitrogen and oxygen atoms in total. The van der Waals surface area contributed by atoms with Crippen molar-refractivity contribution in [2.24, 2.45) is 0 Å². The number of thioether (sulfide) groups is 1. The maximum absolute atomic E-state index is 12.6. The second kappa shape index (κ2) is 10.5. The van der Waals surface area contributed by atoms with E-state index >= 15 is 0 Å². The molecule has 2 aromatic carbocycles. The molecule has 0 spiro atoms. The molecule has 32 heavy (non-hydrogen) atoms. The summed E-state index contributed by atoms with van der Waals surface area (Å²) in [6, 6.07) is 13.1. The molecule has 0 saturated carbocycles. The number of para-hydroxylation sites is 1. The molecule has 0 unspecified atom stereocenters. The van der Waals surface area contributed by atoms with Gasteiger partial charge in [-0.1, -0.05) is 24.3 Å². The Hall–Kier alpha value is -3.11. The van der Waals surface area contributed by atoms with Gasteiger partial charge >= 0.3 is 5.97 Å². The number of benzene rings is 2. The first-order valence-corrected chi connectivity index (χ1v) is 11.0. The molecule has 0 aromatic heterocycles. The third-order valence-corrected chi connectivity index (χ3v) is 5.93. The Bertz CT molecular complexity index is 1090. The summed E-state index contributed by atoms with van der Waals surface area (Å²) in [6.07, 6.45) is 1.55. The van der Waals surface area contributed by atoms with Crippen LogP contribution in [0.2, 0.25) is 0 Å². The summed E-state index contributed by atoms with van der Waals surface area (Å²) < 4.78 is 10.7. The van der Waals surface area contributed by atoms with Gasteiger partial charge in [-0.2, -0.15) is 0 Å². The van der Waals surface area contributed by atoms with E-state index in [1.807, 2.05) is 18.2 Å². The minimum atomic E-state index is -1.01. The molecule has 1 saturated heterocycles. The standard InChI is InChI=1S/C22H19BrN2O6S/c1-13(21(28)30-2)25-20(27)18(32-22(25)29)11-14-8-9-17(16(23)10-14)31-12-19(26)24-15-6-4-3-5-7-15/h3-11,13H,12H2,1-2H3,(H,24,26)/b18-11+/t13-/m1/s1. The van der Waals surface area contributed by atoms with Crippen LogP contribution < -0.4 is 10.1 Å². The molecule has 2 aromatic rings. The van der Waals surface area contributed by atoms with Gasteiger partial charge in [0.1, 0.15) is 11.8 Å². The molecule has 0 bridgehead atoms. The van der Waals surface area contributed by atoms with Crippen molar-refractivity contribution >= 4 is 62.5 Å². The first kappa shape index (κ1) is 23.6. The van der Waals surface area contributed by atoms with Crippen LogP contribution in [0.4, 0.5) is 10.5 Å². The zero-order valence-corrected chi connectivity index (χ0v) is 19.6. The van der Waals surface area contributed by atoms with E-state index in [0.717, 1.165) is 16.7 Å². The Morgan fingerprint density at radius 3 is 2.56 bits per heavy atom. The Kier molecular flexibility index (Phi) is 7.70. The number of methoxy groups -OCH3 is 1. The van der Waals surface area contributed by atoms with Gasteiger partial charge in [-0.05, 0) is 70.5 Å². The topological polar surface area (TPSA) is 102 Å². The number of nitrogens with zero attached hydrogens (tertiary/aromatic N) is 1. The van der Waals surface area contributed by atoms with E-state index < -0.39 is 23.2 Å². The van der Waals surface area contributed by atoms with Crippen molar-refractivity contribution in [2.75, 3.05) is 19.0 Å². The molecule has 1 heterocycles. The molecule has 1 N–H and O–H groups in total. The minimum absolute atomic E-state index is 0.183. The van der Waals surface area contributed by atoms with Crippen molar-refractivity contribution < 1.29 is 28.7 Å². The predicted octanol–water partition coefficient (Wildman–Crippen LogP) is 4.06. The number of rotatable bonds is 7. The molecule has 3 rings (SSSR count). The predicted molar refractivity (Wildman–Crippen MR) is 124 cm³/mol. The number of halogens is 1. The van der Waals surface area contributed by atoms with Gasteiger partial charge in [-0.25, -0.2) is 4.79 Å². The number of imide groups is 1. The smallest absolute Gasteiger partial charge is 0.328 e. The number of amides is 3. The highest BCUT2D eigenvalue weighted by Gasteiger charge is 2.41. The molecule has 166 valence electrons. The SMILES string of the molecule is COC(=O)[C@@H](C)N1C(=O)S/C(=C/c2ccc(OCC(=O)Nc3ccccc3)c(Br)c2)C1=O. The number of esters is 1. The lowest BCUT2D eigenvalue weighted by molar-refractivity contribution is -0.148. The van der Waals surface area contributed by atoms with Crippen LogP contribution in [0, 0.1) is 0 Å². The molecular formula is C22H19BrN2O6S. The third-order valence-electron chi connectivity index (χ3n) is 4.42. The van der Waals surface area contributed by atoms with Crippen LogP contribution >= 0.6 is 27.7 Å². The lowest BCUT2D eigenvalue weighted by Crippen LogP contribution is -2.42. The highest BCUT2D eigenvalue weighted by Crippen LogP contribution is 2.35. The zero-order valence-electron chi connectivity index (χ0n) is 17.2. The fourth-order valence-corrected chi connectivity index (χ4v) is 4.25. The Balaban J connectivity index is 1.65. The summed E-state index contributed by atoms with van der Waals surface area (Å²) in [5.41, 5.74) is 1.31. The summed E-state index contributed by atoms with van der Waals surface area (Å²) in [7, 11) is 1.19. The van der Waals surface area contributed by atoms with Crippen molar-refractivity contribution in [1.29, 1.82) is 0 Å². The monoisotopic (exact) mass is 518 g/mol. The largest absolute Gasteiger partial charge is 0.483 e. The van der Waals surface area contributed by atoms with Crippen molar-refractivity contribution in [3.05, 3.63) is 63.5 Å². The van der Waals surface area contributed by atoms with Crippen molar-refractivity contribution in [3.8, 4) is 5.75 Å². The number of nitrogens with one attached hydrogen (secondary N) is 1. The fraction of sp³-hybridized carbons (Fsp3) is 0.182. The van der Waals surface area contributed by atoms with E-state index in [1.165, 1.54) is 14.0 Å². The van der Waals surface area contributed by atoms with E-state index in [4.69, 9.17) is 4.74 Å². The Labute approximate surface area is 197 Å². The van der Waals surface area contributed by atoms with Gasteiger partial charge in [-0.3, -0.25) is 19.3 Å². The first-order chi connectivity index (χ1) is 15.3. The number of anilines is 1. The molecule has 1 aliphatic heterocycles. The highest BCUT2D eigenvalue weighted by atomic mass is 79.9. The summed E-state index contributed by atoms with van der Waals surface area (Å²) in [6.45, 7) is 1.25. The summed E-state index contributed by atoms with van der Waals surface area (Å²) in [5.74, 6) is -1.10. The van der Waals surface area contributed by atoms with E-state index in [0.29, 0.717) is 21.5 Å². The molecule has 10 heteroatoms. The van der Waals surface area contributed by atoms with Crippen LogP contribution in [0.25, 0.3) is 6.08 Å². The average Bonchev–Trinajstić information content (AvgIpc) is 3.05. The molecule has 1 fully saturated rings. The van der Waals surface area contributed by atoms with Crippen LogP contribution in [0.15, 0.2) is 57.9 Å². The lowest BCUT2D eigenvalue weighted by atomic mass is 10.2. The number of carbonyl (C=O) groups is 4. The van der Waals surface area contributed by atoms with Gasteiger partial charge in [0, 0.05) is 5.69 Å². The second-order valence-electron chi connectivity index (χ2n) is 6.64. The molecule has 0 radical (unpaired) electrons. The van der Waals surface area contributed by atoms with Crippen LogP contribution in [0.1, 0.15) is 12.5 Å². The second-order valence-corrected chi connectivity index (χ2v) is 8.49. The third kappa shape index (κ3) is 5.57. The Morgan fingerprint density at radius 2 is 1.91 bits per heavy atom. The van der Waals surface area contributed by atoms with E-state index in [9.17, 15) is 19.2 Å². The number of carbonyl (C=O) groups excluding carboxylic acids is 4. The Morgan fingerprint density at radius 1 is 1.19 bits per heavy atom. The van der Waals surface area contributed by atoms with Crippen LogP contribution in [0.5, 0.6) is 5.75 Å². The minimum Gasteiger partial charge on any atom is -0.483 e. The first-order valence-electron chi connectivity index (χ1n) is 9.42. The number of hydrogen-bond donors (Lipinski definition) is 1. The summed E-state index contributed by atoms with van der Waals surface area (Å²) >= 11 is 4.14. The summed E-state index contributed by atoms with van der Waals surface area (Å²) in [5, 5.41) is 2.19. The quantitative estimate of drug-likeness (QED) is 0.435. The van der Waals surface area contributed by atoms with E-state index in [2.05, 4.69) is 26.0 Å². The van der Waals surface area contributed by atoms with Gasteiger partial charge in [-0.15, -0.1) is 0 Å². The van der Waals surface area contributed by atoms with Gasteiger partial charge < -0.3 is 14.8 Å². The number of hydrogen-bond acceptors (Lipinski definition) is 7.